The minimum Gasteiger partial charge on any atom is -0.380 e. The lowest BCUT2D eigenvalue weighted by molar-refractivity contribution is -0.0265. The summed E-state index contributed by atoms with van der Waals surface area (Å²) in [7, 11) is 1.72. The highest BCUT2D eigenvalue weighted by molar-refractivity contribution is 5.79. The third kappa shape index (κ3) is 6.31. The maximum atomic E-state index is 6.17. The second-order valence-electron chi connectivity index (χ2n) is 7.88. The number of guanidine groups is 1. The molecule has 162 valence electrons. The van der Waals surface area contributed by atoms with E-state index in [1.165, 1.54) is 22.3 Å². The molecule has 0 bridgehead atoms. The minimum absolute atomic E-state index is 0.136. The molecular formula is C25H35N3O2. The molecule has 0 amide bonds. The Morgan fingerprint density at radius 1 is 1.10 bits per heavy atom. The van der Waals surface area contributed by atoms with Crippen molar-refractivity contribution in [3.63, 3.8) is 0 Å². The van der Waals surface area contributed by atoms with E-state index in [4.69, 9.17) is 14.5 Å². The number of aliphatic imine (C=N–C) groups is 1. The fourth-order valence-corrected chi connectivity index (χ4v) is 3.92. The molecule has 2 atom stereocenters. The number of methoxy groups -OCH3 is 1. The van der Waals surface area contributed by atoms with Gasteiger partial charge in [-0.25, -0.2) is 4.99 Å². The van der Waals surface area contributed by atoms with Crippen molar-refractivity contribution >= 4 is 5.96 Å². The summed E-state index contributed by atoms with van der Waals surface area (Å²) < 4.78 is 11.5. The van der Waals surface area contributed by atoms with E-state index in [0.29, 0.717) is 19.1 Å². The molecule has 5 heteroatoms. The summed E-state index contributed by atoms with van der Waals surface area (Å²) in [5.41, 5.74) is 4.91. The van der Waals surface area contributed by atoms with Crippen LogP contribution < -0.4 is 10.6 Å². The van der Waals surface area contributed by atoms with Crippen LogP contribution in [0, 0.1) is 12.8 Å². The van der Waals surface area contributed by atoms with Crippen LogP contribution in [0.15, 0.2) is 53.5 Å². The van der Waals surface area contributed by atoms with Crippen LogP contribution in [0.3, 0.4) is 0 Å². The Labute approximate surface area is 180 Å². The molecule has 2 aromatic rings. The van der Waals surface area contributed by atoms with E-state index in [0.717, 1.165) is 38.5 Å². The van der Waals surface area contributed by atoms with E-state index in [-0.39, 0.29) is 6.10 Å². The molecule has 1 saturated heterocycles. The molecule has 0 aliphatic carbocycles. The van der Waals surface area contributed by atoms with Gasteiger partial charge in [-0.05, 0) is 43.4 Å². The van der Waals surface area contributed by atoms with Crippen molar-refractivity contribution in [2.75, 3.05) is 26.8 Å². The summed E-state index contributed by atoms with van der Waals surface area (Å²) in [5, 5.41) is 6.92. The molecule has 1 heterocycles. The van der Waals surface area contributed by atoms with Gasteiger partial charge < -0.3 is 20.1 Å². The smallest absolute Gasteiger partial charge is 0.191 e. The summed E-state index contributed by atoms with van der Waals surface area (Å²) in [4.78, 5) is 4.82. The van der Waals surface area contributed by atoms with Crippen LogP contribution in [-0.2, 0) is 22.6 Å². The predicted molar refractivity (Wildman–Crippen MR) is 123 cm³/mol. The highest BCUT2D eigenvalue weighted by Gasteiger charge is 2.27. The van der Waals surface area contributed by atoms with Gasteiger partial charge in [-0.15, -0.1) is 0 Å². The van der Waals surface area contributed by atoms with E-state index >= 15 is 0 Å². The molecule has 5 nitrogen and oxygen atoms in total. The first kappa shape index (κ1) is 22.3. The van der Waals surface area contributed by atoms with Crippen molar-refractivity contribution in [2.24, 2.45) is 10.9 Å². The van der Waals surface area contributed by atoms with Gasteiger partial charge in [-0.3, -0.25) is 0 Å². The first-order chi connectivity index (χ1) is 14.7. The van der Waals surface area contributed by atoms with Crippen LogP contribution in [0.5, 0.6) is 0 Å². The number of benzene rings is 2. The quantitative estimate of drug-likeness (QED) is 0.502. The van der Waals surface area contributed by atoms with E-state index in [1.54, 1.807) is 7.11 Å². The lowest BCUT2D eigenvalue weighted by Crippen LogP contribution is -2.42. The van der Waals surface area contributed by atoms with Gasteiger partial charge in [0.25, 0.3) is 0 Å². The number of ether oxygens (including phenoxy) is 2. The average molecular weight is 410 g/mol. The molecule has 2 unspecified atom stereocenters. The number of aryl methyl sites for hydroxylation is 1. The second-order valence-corrected chi connectivity index (χ2v) is 7.88. The van der Waals surface area contributed by atoms with Crippen LogP contribution in [0.2, 0.25) is 0 Å². The van der Waals surface area contributed by atoms with Gasteiger partial charge in [0, 0.05) is 32.7 Å². The Bertz CT molecular complexity index is 804. The minimum atomic E-state index is 0.136. The lowest BCUT2D eigenvalue weighted by atomic mass is 9.89. The highest BCUT2D eigenvalue weighted by atomic mass is 16.5. The standard InChI is InChI=1S/C25H35N3O2/c1-4-26-25(27-16-21-8-5-6-9-23(21)18-29-3)28-17-22-10-7-15-30-24(22)20-13-11-19(2)12-14-20/h5-6,8-9,11-14,22,24H,4,7,10,15-18H2,1-3H3,(H2,26,27,28). The fourth-order valence-electron chi connectivity index (χ4n) is 3.92. The molecule has 3 rings (SSSR count). The van der Waals surface area contributed by atoms with Crippen LogP contribution in [0.25, 0.3) is 0 Å². The molecule has 30 heavy (non-hydrogen) atoms. The molecule has 0 aromatic heterocycles. The van der Waals surface area contributed by atoms with E-state index in [2.05, 4.69) is 66.9 Å². The van der Waals surface area contributed by atoms with Gasteiger partial charge in [0.1, 0.15) is 0 Å². The maximum absolute atomic E-state index is 6.17. The molecular weight excluding hydrogens is 374 g/mol. The first-order valence-corrected chi connectivity index (χ1v) is 11.0. The Morgan fingerprint density at radius 3 is 2.60 bits per heavy atom. The molecule has 1 aliphatic heterocycles. The third-order valence-electron chi connectivity index (χ3n) is 5.55. The normalized spacial score (nSPS) is 19.5. The molecule has 2 aromatic carbocycles. The van der Waals surface area contributed by atoms with Crippen molar-refractivity contribution < 1.29 is 9.47 Å². The maximum Gasteiger partial charge on any atom is 0.191 e. The summed E-state index contributed by atoms with van der Waals surface area (Å²) >= 11 is 0. The van der Waals surface area contributed by atoms with E-state index in [9.17, 15) is 0 Å². The number of nitrogens with one attached hydrogen (secondary N) is 2. The number of hydrogen-bond donors (Lipinski definition) is 2. The summed E-state index contributed by atoms with van der Waals surface area (Å²) in [5.74, 6) is 1.27. The molecule has 0 saturated carbocycles. The molecule has 1 fully saturated rings. The molecule has 2 N–H and O–H groups in total. The largest absolute Gasteiger partial charge is 0.380 e. The monoisotopic (exact) mass is 409 g/mol. The van der Waals surface area contributed by atoms with E-state index < -0.39 is 0 Å². The molecule has 0 radical (unpaired) electrons. The van der Waals surface area contributed by atoms with Crippen LogP contribution in [-0.4, -0.2) is 32.8 Å². The van der Waals surface area contributed by atoms with Crippen molar-refractivity contribution in [3.8, 4) is 0 Å². The average Bonchev–Trinajstić information content (AvgIpc) is 2.77. The van der Waals surface area contributed by atoms with Crippen molar-refractivity contribution in [3.05, 3.63) is 70.8 Å². The van der Waals surface area contributed by atoms with Gasteiger partial charge in [-0.2, -0.15) is 0 Å². The van der Waals surface area contributed by atoms with Crippen LogP contribution in [0.1, 0.15) is 48.1 Å². The van der Waals surface area contributed by atoms with Crippen molar-refractivity contribution in [1.29, 1.82) is 0 Å². The SMILES string of the molecule is CCNC(=NCc1ccccc1COC)NCC1CCCOC1c1ccc(C)cc1. The zero-order valence-corrected chi connectivity index (χ0v) is 18.5. The van der Waals surface area contributed by atoms with E-state index in [1.807, 2.05) is 6.07 Å². The van der Waals surface area contributed by atoms with Gasteiger partial charge >= 0.3 is 0 Å². The van der Waals surface area contributed by atoms with Gasteiger partial charge in [-0.1, -0.05) is 54.1 Å². The predicted octanol–water partition coefficient (Wildman–Crippen LogP) is 4.36. The summed E-state index contributed by atoms with van der Waals surface area (Å²) in [6.07, 6.45) is 2.39. The zero-order valence-electron chi connectivity index (χ0n) is 18.5. The molecule has 1 aliphatic rings. The first-order valence-electron chi connectivity index (χ1n) is 11.0. The Kier molecular flexibility index (Phi) is 8.72. The summed E-state index contributed by atoms with van der Waals surface area (Å²) in [6, 6.07) is 17.0. The topological polar surface area (TPSA) is 54.9 Å². The van der Waals surface area contributed by atoms with Gasteiger partial charge in [0.2, 0.25) is 0 Å². The Balaban J connectivity index is 1.65. The van der Waals surface area contributed by atoms with Crippen LogP contribution in [0.4, 0.5) is 0 Å². The highest BCUT2D eigenvalue weighted by Crippen LogP contribution is 2.33. The lowest BCUT2D eigenvalue weighted by Gasteiger charge is -2.32. The number of nitrogens with zero attached hydrogens (tertiary/aromatic N) is 1. The number of hydrogen-bond acceptors (Lipinski definition) is 3. The summed E-state index contributed by atoms with van der Waals surface area (Å²) in [6.45, 7) is 7.94. The van der Waals surface area contributed by atoms with Gasteiger partial charge in [0.05, 0.1) is 19.3 Å². The molecule has 0 spiro atoms. The Hall–Kier alpha value is -2.37. The third-order valence-corrected chi connectivity index (χ3v) is 5.55. The van der Waals surface area contributed by atoms with Gasteiger partial charge in [0.15, 0.2) is 5.96 Å². The number of rotatable bonds is 8. The fraction of sp³-hybridized carbons (Fsp3) is 0.480. The Morgan fingerprint density at radius 2 is 1.87 bits per heavy atom. The zero-order chi connectivity index (χ0) is 21.2. The second kappa shape index (κ2) is 11.7. The van der Waals surface area contributed by atoms with Crippen molar-refractivity contribution in [2.45, 2.75) is 45.9 Å². The van der Waals surface area contributed by atoms with Crippen molar-refractivity contribution in [1.82, 2.24) is 10.6 Å². The van der Waals surface area contributed by atoms with Crippen LogP contribution >= 0.6 is 0 Å².